The molecular formula is C4H12P+. The van der Waals surface area contributed by atoms with Gasteiger partial charge in [0, 0.05) is 0 Å². The summed E-state index contributed by atoms with van der Waals surface area (Å²) < 4.78 is 0. The van der Waals surface area contributed by atoms with E-state index in [4.69, 9.17) is 0 Å². The van der Waals surface area contributed by atoms with Gasteiger partial charge in [-0.15, -0.1) is 0 Å². The maximum absolute atomic E-state index is 3.70. The molecule has 0 aromatic carbocycles. The Labute approximate surface area is 35.6 Å². The molecule has 0 aliphatic carbocycles. The molecule has 0 saturated heterocycles. The fraction of sp³-hybridized carbons (Fsp3) is 0.750. The molecule has 0 aromatic rings. The highest BCUT2D eigenvalue weighted by atomic mass is 31.1. The predicted octanol–water partition coefficient (Wildman–Crippen LogP) is 1.80. The van der Waals surface area contributed by atoms with Crippen molar-refractivity contribution in [1.29, 1.82) is 0 Å². The molecule has 1 heteroatoms. The van der Waals surface area contributed by atoms with Gasteiger partial charge in [-0.3, -0.25) is 0 Å². The molecule has 0 aromatic heterocycles. The van der Waals surface area contributed by atoms with Crippen LogP contribution in [0.25, 0.3) is 0 Å². The van der Waals surface area contributed by atoms with Crippen LogP contribution in [0.1, 0.15) is 7.43 Å². The van der Waals surface area contributed by atoms with E-state index in [1.807, 2.05) is 0 Å². The molecule has 0 bridgehead atoms. The van der Waals surface area contributed by atoms with Crippen molar-refractivity contribution in [2.75, 3.05) is 13.3 Å². The van der Waals surface area contributed by atoms with Crippen molar-refractivity contribution in [2.24, 2.45) is 0 Å². The summed E-state index contributed by atoms with van der Waals surface area (Å²) in [6.45, 7) is 4.24. The van der Waals surface area contributed by atoms with Crippen LogP contribution in [0.3, 0.4) is 0 Å². The third-order valence-corrected chi connectivity index (χ3v) is 0. The lowest BCUT2D eigenvalue weighted by Gasteiger charge is -1.49. The van der Waals surface area contributed by atoms with Crippen molar-refractivity contribution in [3.8, 4) is 0 Å². The number of hydrogen-bond donors (Lipinski definition) is 0. The molecule has 0 nitrogen and oxygen atoms in total. The van der Waals surface area contributed by atoms with Gasteiger partial charge in [-0.1, -0.05) is 7.43 Å². The number of rotatable bonds is 0. The smallest absolute Gasteiger partial charge is 0.0776 e. The third kappa shape index (κ3) is 679. The fourth-order valence-corrected chi connectivity index (χ4v) is 0. The van der Waals surface area contributed by atoms with Crippen LogP contribution in [0.4, 0.5) is 0 Å². The summed E-state index contributed by atoms with van der Waals surface area (Å²) in [7, 11) is 0.130. The van der Waals surface area contributed by atoms with E-state index in [1.165, 1.54) is 0 Å². The Morgan fingerprint density at radius 1 is 1.40 bits per heavy atom. The Bertz CT molecular complexity index is 26.6. The molecule has 0 N–H and O–H groups in total. The van der Waals surface area contributed by atoms with Crippen LogP contribution in [0.5, 0.6) is 0 Å². The van der Waals surface area contributed by atoms with Gasteiger partial charge in [-0.05, 0) is 0 Å². The second kappa shape index (κ2) is 4.17. The molecule has 0 amide bonds. The van der Waals surface area contributed by atoms with E-state index in [9.17, 15) is 0 Å². The zero-order chi connectivity index (χ0) is 3.58. The van der Waals surface area contributed by atoms with E-state index in [0.29, 0.717) is 0 Å². The van der Waals surface area contributed by atoms with Crippen molar-refractivity contribution >= 4 is 13.8 Å². The third-order valence-electron chi connectivity index (χ3n) is 0. The molecule has 0 aliphatic rings. The lowest BCUT2D eigenvalue weighted by atomic mass is 11.9. The van der Waals surface area contributed by atoms with Crippen LogP contribution < -0.4 is 0 Å². The van der Waals surface area contributed by atoms with Crippen LogP contribution in [0.2, 0.25) is 0 Å². The standard InChI is InChI=1S/C3H8P.CH4/c1-4(2)3;/h1H2,2-3H3;1H4/q+1;. The Morgan fingerprint density at radius 2 is 1.40 bits per heavy atom. The normalized spacial score (nSPS) is 5.20. The van der Waals surface area contributed by atoms with Crippen LogP contribution >= 0.6 is 7.55 Å². The van der Waals surface area contributed by atoms with Gasteiger partial charge >= 0.3 is 0 Å². The van der Waals surface area contributed by atoms with E-state index in [-0.39, 0.29) is 15.0 Å². The summed E-state index contributed by atoms with van der Waals surface area (Å²) in [5.41, 5.74) is 0. The highest BCUT2D eigenvalue weighted by Gasteiger charge is 1.67. The quantitative estimate of drug-likeness (QED) is 0.399. The second-order valence-corrected chi connectivity index (χ2v) is 3.24. The molecule has 0 atom stereocenters. The largest absolute Gasteiger partial charge is 0.0951 e. The monoisotopic (exact) mass is 91.1 g/mol. The molecule has 0 heterocycles. The Kier molecular flexibility index (Phi) is 7.46. The molecule has 0 rings (SSSR count). The van der Waals surface area contributed by atoms with Gasteiger partial charge in [0.1, 0.15) is 0 Å². The maximum atomic E-state index is 3.70. The summed E-state index contributed by atoms with van der Waals surface area (Å²) in [5, 5.41) is 0. The van der Waals surface area contributed by atoms with Crippen LogP contribution in [0, 0.1) is 0 Å². The van der Waals surface area contributed by atoms with E-state index < -0.39 is 0 Å². The SMILES string of the molecule is C.C=[P+](C)C. The summed E-state index contributed by atoms with van der Waals surface area (Å²) in [6.07, 6.45) is 3.70. The number of hydrogen-bond acceptors (Lipinski definition) is 0. The molecule has 0 radical (unpaired) electrons. The molecule has 5 heavy (non-hydrogen) atoms. The van der Waals surface area contributed by atoms with Crippen molar-refractivity contribution in [2.45, 2.75) is 7.43 Å². The summed E-state index contributed by atoms with van der Waals surface area (Å²) in [6, 6.07) is 0. The van der Waals surface area contributed by atoms with E-state index in [2.05, 4.69) is 19.6 Å². The minimum Gasteiger partial charge on any atom is -0.0776 e. The molecule has 0 fully saturated rings. The molecule has 0 aliphatic heterocycles. The summed E-state index contributed by atoms with van der Waals surface area (Å²) in [4.78, 5) is 0. The minimum atomic E-state index is 0. The fourth-order valence-electron chi connectivity index (χ4n) is 0. The zero-order valence-corrected chi connectivity index (χ0v) is 4.05. The average molecular weight is 91.1 g/mol. The molecular weight excluding hydrogens is 79.0 g/mol. The minimum absolute atomic E-state index is 0. The van der Waals surface area contributed by atoms with Gasteiger partial charge in [-0.25, -0.2) is 0 Å². The molecule has 0 unspecified atom stereocenters. The highest BCUT2D eigenvalue weighted by molar-refractivity contribution is 7.54. The highest BCUT2D eigenvalue weighted by Crippen LogP contribution is 1.99. The van der Waals surface area contributed by atoms with Crippen molar-refractivity contribution in [3.05, 3.63) is 0 Å². The Hall–Kier alpha value is 0.170. The maximum Gasteiger partial charge on any atom is 0.0951 e. The van der Waals surface area contributed by atoms with Crippen LogP contribution in [-0.2, 0) is 0 Å². The van der Waals surface area contributed by atoms with Gasteiger partial charge < -0.3 is 0 Å². The van der Waals surface area contributed by atoms with Gasteiger partial charge in [0.15, 0.2) is 0 Å². The first-order chi connectivity index (χ1) is 1.73. The van der Waals surface area contributed by atoms with Gasteiger partial charge in [0.25, 0.3) is 0 Å². The molecule has 32 valence electrons. The van der Waals surface area contributed by atoms with E-state index in [1.54, 1.807) is 0 Å². The van der Waals surface area contributed by atoms with E-state index >= 15 is 0 Å². The lowest BCUT2D eigenvalue weighted by Crippen LogP contribution is -1.35. The van der Waals surface area contributed by atoms with Gasteiger partial charge in [0.2, 0.25) is 0 Å². The van der Waals surface area contributed by atoms with Gasteiger partial charge in [-0.2, -0.15) is 0 Å². The molecule has 0 spiro atoms. The second-order valence-electron chi connectivity index (χ2n) is 1.08. The van der Waals surface area contributed by atoms with Crippen LogP contribution in [0.15, 0.2) is 0 Å². The Balaban J connectivity index is 0. The van der Waals surface area contributed by atoms with E-state index in [0.717, 1.165) is 0 Å². The van der Waals surface area contributed by atoms with Crippen molar-refractivity contribution in [1.82, 2.24) is 0 Å². The van der Waals surface area contributed by atoms with Gasteiger partial charge in [0.05, 0.1) is 27.2 Å². The van der Waals surface area contributed by atoms with Crippen molar-refractivity contribution < 1.29 is 0 Å². The Morgan fingerprint density at radius 3 is 1.40 bits per heavy atom. The topological polar surface area (TPSA) is 0 Å². The van der Waals surface area contributed by atoms with Crippen molar-refractivity contribution in [3.63, 3.8) is 0 Å². The first-order valence-corrected chi connectivity index (χ1v) is 3.63. The summed E-state index contributed by atoms with van der Waals surface area (Å²) >= 11 is 0. The first-order valence-electron chi connectivity index (χ1n) is 1.21. The molecule has 0 saturated carbocycles. The van der Waals surface area contributed by atoms with Crippen LogP contribution in [-0.4, -0.2) is 19.6 Å². The summed E-state index contributed by atoms with van der Waals surface area (Å²) in [5.74, 6) is 0. The zero-order valence-electron chi connectivity index (χ0n) is 3.15. The predicted molar refractivity (Wildman–Crippen MR) is 32.6 cm³/mol. The first kappa shape index (κ1) is 8.95. The lowest BCUT2D eigenvalue weighted by molar-refractivity contribution is 2.30. The average Bonchev–Trinajstić information content (AvgIpc) is 0.811.